The summed E-state index contributed by atoms with van der Waals surface area (Å²) >= 11 is 0. The lowest BCUT2D eigenvalue weighted by Crippen LogP contribution is -2.29. The smallest absolute Gasteiger partial charge is 0.422 e. The van der Waals surface area contributed by atoms with Crippen molar-refractivity contribution in [2.75, 3.05) is 11.9 Å². The third-order valence-corrected chi connectivity index (χ3v) is 3.92. The summed E-state index contributed by atoms with van der Waals surface area (Å²) in [6.07, 6.45) is -2.37. The van der Waals surface area contributed by atoms with E-state index in [-0.39, 0.29) is 29.9 Å². The molecule has 2 rings (SSSR count). The molecular formula is C19H22F3N5O3. The number of hydrogen-bond acceptors (Lipinski definition) is 6. The summed E-state index contributed by atoms with van der Waals surface area (Å²) in [6, 6.07) is 3.87. The molecule has 0 bridgehead atoms. The van der Waals surface area contributed by atoms with Crippen LogP contribution in [0.5, 0.6) is 5.88 Å². The van der Waals surface area contributed by atoms with Crippen LogP contribution in [0.15, 0.2) is 24.4 Å². The fourth-order valence-electron chi connectivity index (χ4n) is 2.45. The van der Waals surface area contributed by atoms with Gasteiger partial charge >= 0.3 is 6.18 Å². The van der Waals surface area contributed by atoms with E-state index in [9.17, 15) is 22.8 Å². The lowest BCUT2D eigenvalue weighted by Gasteiger charge is -2.18. The number of nitrogens with one attached hydrogen (secondary N) is 2. The normalized spacial score (nSPS) is 12.2. The summed E-state index contributed by atoms with van der Waals surface area (Å²) in [6.45, 7) is 3.74. The van der Waals surface area contributed by atoms with E-state index in [2.05, 4.69) is 30.3 Å². The van der Waals surface area contributed by atoms with Crippen LogP contribution in [0.3, 0.4) is 0 Å². The van der Waals surface area contributed by atoms with E-state index in [0.717, 1.165) is 0 Å². The van der Waals surface area contributed by atoms with Crippen LogP contribution in [0.1, 0.15) is 54.5 Å². The van der Waals surface area contributed by atoms with Crippen molar-refractivity contribution < 1.29 is 27.5 Å². The molecule has 0 aliphatic rings. The number of pyridine rings is 1. The largest absolute Gasteiger partial charge is 0.468 e. The summed E-state index contributed by atoms with van der Waals surface area (Å²) in [7, 11) is 0. The van der Waals surface area contributed by atoms with E-state index in [1.165, 1.54) is 24.4 Å². The Labute approximate surface area is 171 Å². The number of anilines is 1. The fraction of sp³-hybridized carbons (Fsp3) is 0.421. The second-order valence-corrected chi connectivity index (χ2v) is 6.39. The first-order chi connectivity index (χ1) is 14.1. The first-order valence-electron chi connectivity index (χ1n) is 9.23. The van der Waals surface area contributed by atoms with Gasteiger partial charge in [0.1, 0.15) is 5.69 Å². The lowest BCUT2D eigenvalue weighted by atomic mass is 10.1. The molecule has 2 heterocycles. The van der Waals surface area contributed by atoms with Gasteiger partial charge in [-0.25, -0.2) is 15.0 Å². The molecule has 30 heavy (non-hydrogen) atoms. The predicted molar refractivity (Wildman–Crippen MR) is 102 cm³/mol. The minimum atomic E-state index is -4.45. The predicted octanol–water partition coefficient (Wildman–Crippen LogP) is 3.35. The first kappa shape index (κ1) is 23.0. The van der Waals surface area contributed by atoms with E-state index in [0.29, 0.717) is 17.7 Å². The number of halogens is 3. The monoisotopic (exact) mass is 425 g/mol. The molecule has 0 radical (unpaired) electrons. The number of nitrogens with zero attached hydrogens (tertiary/aromatic N) is 3. The van der Waals surface area contributed by atoms with Crippen LogP contribution in [-0.2, 0) is 4.79 Å². The van der Waals surface area contributed by atoms with Crippen LogP contribution >= 0.6 is 0 Å². The van der Waals surface area contributed by atoms with Gasteiger partial charge in [-0.1, -0.05) is 19.9 Å². The van der Waals surface area contributed by atoms with Gasteiger partial charge in [0.15, 0.2) is 6.61 Å². The second kappa shape index (κ2) is 9.99. The summed E-state index contributed by atoms with van der Waals surface area (Å²) < 4.78 is 41.2. The molecule has 0 fully saturated rings. The molecule has 0 aliphatic carbocycles. The number of aromatic nitrogens is 3. The standard InChI is InChI=1S/C19H22F3N5O3/c1-4-13(12-6-7-16(23-9-12)30-10-19(20,21)22)25-17(29)14-8-11(3)24-18(26-14)27-15(28)5-2/h6-9,13H,4-5,10H2,1-3H3,(H,25,29)(H,24,26,27,28). The molecule has 2 aromatic rings. The van der Waals surface area contributed by atoms with Crippen molar-refractivity contribution in [3.63, 3.8) is 0 Å². The van der Waals surface area contributed by atoms with Gasteiger partial charge in [-0.3, -0.25) is 14.9 Å². The molecule has 11 heteroatoms. The number of amides is 2. The van der Waals surface area contributed by atoms with Gasteiger partial charge < -0.3 is 10.1 Å². The van der Waals surface area contributed by atoms with Crippen molar-refractivity contribution in [2.24, 2.45) is 0 Å². The van der Waals surface area contributed by atoms with Crippen molar-refractivity contribution in [1.82, 2.24) is 20.3 Å². The van der Waals surface area contributed by atoms with Gasteiger partial charge in [-0.05, 0) is 25.0 Å². The molecular weight excluding hydrogens is 403 g/mol. The third kappa shape index (κ3) is 6.98. The van der Waals surface area contributed by atoms with Gasteiger partial charge in [-0.2, -0.15) is 13.2 Å². The molecule has 1 unspecified atom stereocenters. The Kier molecular flexibility index (Phi) is 7.67. The highest BCUT2D eigenvalue weighted by molar-refractivity contribution is 5.94. The van der Waals surface area contributed by atoms with Crippen LogP contribution in [0.25, 0.3) is 0 Å². The van der Waals surface area contributed by atoms with E-state index in [1.54, 1.807) is 13.8 Å². The molecule has 0 saturated heterocycles. The number of ether oxygens (including phenoxy) is 1. The van der Waals surface area contributed by atoms with Crippen molar-refractivity contribution in [3.05, 3.63) is 41.3 Å². The highest BCUT2D eigenvalue weighted by Crippen LogP contribution is 2.21. The maximum absolute atomic E-state index is 12.6. The molecule has 0 aromatic carbocycles. The van der Waals surface area contributed by atoms with Gasteiger partial charge in [0.2, 0.25) is 17.7 Å². The van der Waals surface area contributed by atoms with Crippen molar-refractivity contribution in [3.8, 4) is 5.88 Å². The highest BCUT2D eigenvalue weighted by Gasteiger charge is 2.28. The molecule has 0 spiro atoms. The Morgan fingerprint density at radius 3 is 2.50 bits per heavy atom. The number of rotatable bonds is 8. The quantitative estimate of drug-likeness (QED) is 0.672. The minimum Gasteiger partial charge on any atom is -0.468 e. The van der Waals surface area contributed by atoms with Gasteiger partial charge in [-0.15, -0.1) is 0 Å². The van der Waals surface area contributed by atoms with E-state index in [1.807, 2.05) is 6.92 Å². The molecule has 1 atom stereocenters. The van der Waals surface area contributed by atoms with E-state index >= 15 is 0 Å². The Morgan fingerprint density at radius 2 is 1.93 bits per heavy atom. The van der Waals surface area contributed by atoms with Crippen molar-refractivity contribution in [2.45, 2.75) is 45.8 Å². The molecule has 2 amide bonds. The van der Waals surface area contributed by atoms with Crippen LogP contribution in [0.4, 0.5) is 19.1 Å². The van der Waals surface area contributed by atoms with Gasteiger partial charge in [0.05, 0.1) is 6.04 Å². The van der Waals surface area contributed by atoms with Crippen LogP contribution < -0.4 is 15.4 Å². The van der Waals surface area contributed by atoms with E-state index < -0.39 is 24.7 Å². The topological polar surface area (TPSA) is 106 Å². The molecule has 8 nitrogen and oxygen atoms in total. The number of aryl methyl sites for hydroxylation is 1. The Balaban J connectivity index is 2.10. The average Bonchev–Trinajstić information content (AvgIpc) is 2.69. The zero-order valence-corrected chi connectivity index (χ0v) is 16.7. The molecule has 162 valence electrons. The van der Waals surface area contributed by atoms with Crippen LogP contribution in [-0.4, -0.2) is 39.5 Å². The zero-order valence-electron chi connectivity index (χ0n) is 16.7. The van der Waals surface area contributed by atoms with E-state index in [4.69, 9.17) is 0 Å². The number of alkyl halides is 3. The zero-order chi connectivity index (χ0) is 22.3. The summed E-state index contributed by atoms with van der Waals surface area (Å²) in [5.74, 6) is -0.901. The van der Waals surface area contributed by atoms with Crippen molar-refractivity contribution >= 4 is 17.8 Å². The first-order valence-corrected chi connectivity index (χ1v) is 9.23. The molecule has 0 aliphatic heterocycles. The summed E-state index contributed by atoms with van der Waals surface area (Å²) in [5.41, 5.74) is 1.17. The highest BCUT2D eigenvalue weighted by atomic mass is 19.4. The Hall–Kier alpha value is -3.24. The van der Waals surface area contributed by atoms with Crippen molar-refractivity contribution in [1.29, 1.82) is 0 Å². The summed E-state index contributed by atoms with van der Waals surface area (Å²) in [5, 5.41) is 5.30. The molecule has 2 aromatic heterocycles. The van der Waals surface area contributed by atoms with Crippen LogP contribution in [0, 0.1) is 6.92 Å². The van der Waals surface area contributed by atoms with Crippen LogP contribution in [0.2, 0.25) is 0 Å². The average molecular weight is 425 g/mol. The minimum absolute atomic E-state index is 0.0351. The summed E-state index contributed by atoms with van der Waals surface area (Å²) in [4.78, 5) is 36.2. The lowest BCUT2D eigenvalue weighted by molar-refractivity contribution is -0.154. The maximum atomic E-state index is 12.6. The van der Waals surface area contributed by atoms with Gasteiger partial charge in [0.25, 0.3) is 5.91 Å². The SMILES string of the molecule is CCC(=O)Nc1nc(C)cc(C(=O)NC(CC)c2ccc(OCC(F)(F)F)nc2)n1. The molecule has 2 N–H and O–H groups in total. The Morgan fingerprint density at radius 1 is 1.20 bits per heavy atom. The maximum Gasteiger partial charge on any atom is 0.422 e. The molecule has 0 saturated carbocycles. The number of hydrogen-bond donors (Lipinski definition) is 2. The van der Waals surface area contributed by atoms with Gasteiger partial charge in [0, 0.05) is 24.4 Å². The fourth-order valence-corrected chi connectivity index (χ4v) is 2.45. The number of carbonyl (C=O) groups is 2. The third-order valence-electron chi connectivity index (χ3n) is 3.92. The Bertz CT molecular complexity index is 888. The number of carbonyl (C=O) groups excluding carboxylic acids is 2. The second-order valence-electron chi connectivity index (χ2n) is 6.39.